The van der Waals surface area contributed by atoms with E-state index in [0.717, 1.165) is 5.69 Å². The minimum absolute atomic E-state index is 0.520. The summed E-state index contributed by atoms with van der Waals surface area (Å²) >= 11 is 5.24. The van der Waals surface area contributed by atoms with E-state index in [9.17, 15) is 0 Å². The summed E-state index contributed by atoms with van der Waals surface area (Å²) < 4.78 is 5.15. The van der Waals surface area contributed by atoms with Gasteiger partial charge in [0.25, 0.3) is 0 Å². The van der Waals surface area contributed by atoms with Crippen molar-refractivity contribution in [1.82, 2.24) is 10.3 Å². The van der Waals surface area contributed by atoms with Gasteiger partial charge in [0.15, 0.2) is 5.11 Å². The summed E-state index contributed by atoms with van der Waals surface area (Å²) in [6.45, 7) is 0.676. The topological polar surface area (TPSA) is 46.2 Å². The molecule has 0 saturated heterocycles. The lowest BCUT2D eigenvalue weighted by Gasteiger charge is -2.12. The van der Waals surface area contributed by atoms with Crippen LogP contribution < -0.4 is 15.4 Å². The molecule has 0 amide bonds. The molecule has 0 atom stereocenters. The summed E-state index contributed by atoms with van der Waals surface area (Å²) in [6, 6.07) is 13.8. The summed E-state index contributed by atoms with van der Waals surface area (Å²) in [6.07, 6.45) is 1.67. The average Bonchev–Trinajstić information content (AvgIpc) is 2.47. The Kier molecular flexibility index (Phi) is 4.69. The van der Waals surface area contributed by atoms with Gasteiger partial charge in [-0.05, 0) is 29.9 Å². The van der Waals surface area contributed by atoms with E-state index in [2.05, 4.69) is 15.6 Å². The quantitative estimate of drug-likeness (QED) is 0.838. The summed E-state index contributed by atoms with van der Waals surface area (Å²) in [5.74, 6) is 0.520. The Morgan fingerprint density at radius 3 is 2.74 bits per heavy atom. The predicted molar refractivity (Wildman–Crippen MR) is 80.3 cm³/mol. The van der Waals surface area contributed by atoms with Gasteiger partial charge in [0.1, 0.15) is 5.69 Å². The number of methoxy groups -OCH3 is 1. The maximum Gasteiger partial charge on any atom is 0.237 e. The number of anilines is 1. The van der Waals surface area contributed by atoms with Crippen molar-refractivity contribution in [2.24, 2.45) is 0 Å². The first-order valence-electron chi connectivity index (χ1n) is 5.87. The SMILES string of the molecule is COc1ncccc1NC(=S)NCc1ccccc1. The number of hydrogen-bond acceptors (Lipinski definition) is 3. The van der Waals surface area contributed by atoms with Crippen molar-refractivity contribution >= 4 is 23.0 Å². The van der Waals surface area contributed by atoms with Crippen molar-refractivity contribution < 1.29 is 4.74 Å². The highest BCUT2D eigenvalue weighted by Gasteiger charge is 2.04. The fraction of sp³-hybridized carbons (Fsp3) is 0.143. The molecule has 0 aliphatic carbocycles. The Labute approximate surface area is 117 Å². The van der Waals surface area contributed by atoms with Crippen molar-refractivity contribution in [2.45, 2.75) is 6.54 Å². The smallest absolute Gasteiger partial charge is 0.237 e. The second-order valence-electron chi connectivity index (χ2n) is 3.85. The van der Waals surface area contributed by atoms with Gasteiger partial charge < -0.3 is 15.4 Å². The number of nitrogens with one attached hydrogen (secondary N) is 2. The van der Waals surface area contributed by atoms with Crippen LogP contribution in [0.4, 0.5) is 5.69 Å². The molecule has 0 spiro atoms. The number of ether oxygens (including phenoxy) is 1. The lowest BCUT2D eigenvalue weighted by molar-refractivity contribution is 0.400. The first-order valence-corrected chi connectivity index (χ1v) is 6.28. The Morgan fingerprint density at radius 1 is 1.21 bits per heavy atom. The zero-order valence-electron chi connectivity index (χ0n) is 10.6. The van der Waals surface area contributed by atoms with Gasteiger partial charge in [-0.2, -0.15) is 0 Å². The third kappa shape index (κ3) is 3.93. The van der Waals surface area contributed by atoms with Gasteiger partial charge >= 0.3 is 0 Å². The van der Waals surface area contributed by atoms with E-state index in [-0.39, 0.29) is 0 Å². The van der Waals surface area contributed by atoms with Crippen LogP contribution in [0.3, 0.4) is 0 Å². The normalized spacial score (nSPS) is 9.74. The summed E-state index contributed by atoms with van der Waals surface area (Å²) in [5, 5.41) is 6.74. The Balaban J connectivity index is 1.91. The molecule has 0 unspecified atom stereocenters. The molecule has 2 aromatic rings. The Hall–Kier alpha value is -2.14. The zero-order chi connectivity index (χ0) is 13.5. The first-order chi connectivity index (χ1) is 9.29. The van der Waals surface area contributed by atoms with Gasteiger partial charge in [0, 0.05) is 12.7 Å². The number of nitrogens with zero attached hydrogens (tertiary/aromatic N) is 1. The molecule has 2 rings (SSSR count). The van der Waals surface area contributed by atoms with Crippen molar-refractivity contribution in [3.05, 3.63) is 54.2 Å². The Morgan fingerprint density at radius 2 is 2.00 bits per heavy atom. The van der Waals surface area contributed by atoms with Crippen molar-refractivity contribution in [3.8, 4) is 5.88 Å². The molecule has 2 N–H and O–H groups in total. The molecule has 1 heterocycles. The molecule has 98 valence electrons. The van der Waals surface area contributed by atoms with E-state index in [1.54, 1.807) is 13.3 Å². The molecule has 0 bridgehead atoms. The number of rotatable bonds is 4. The molecule has 1 aromatic heterocycles. The number of pyridine rings is 1. The standard InChI is InChI=1S/C14H15N3OS/c1-18-13-12(8-5-9-15-13)17-14(19)16-10-11-6-3-2-4-7-11/h2-9H,10H2,1H3,(H2,16,17,19). The number of aromatic nitrogens is 1. The van der Waals surface area contributed by atoms with Gasteiger partial charge in [-0.25, -0.2) is 4.98 Å². The maximum absolute atomic E-state index is 5.24. The zero-order valence-corrected chi connectivity index (χ0v) is 11.4. The number of benzene rings is 1. The molecule has 19 heavy (non-hydrogen) atoms. The van der Waals surface area contributed by atoms with E-state index in [1.807, 2.05) is 42.5 Å². The minimum Gasteiger partial charge on any atom is -0.480 e. The highest BCUT2D eigenvalue weighted by Crippen LogP contribution is 2.19. The van der Waals surface area contributed by atoms with Crippen LogP contribution in [-0.2, 0) is 6.54 Å². The molecule has 4 nitrogen and oxygen atoms in total. The molecule has 5 heteroatoms. The highest BCUT2D eigenvalue weighted by atomic mass is 32.1. The van der Waals surface area contributed by atoms with Crippen LogP contribution in [0.5, 0.6) is 5.88 Å². The van der Waals surface area contributed by atoms with E-state index in [4.69, 9.17) is 17.0 Å². The second kappa shape index (κ2) is 6.70. The van der Waals surface area contributed by atoms with Crippen LogP contribution in [0.1, 0.15) is 5.56 Å². The summed E-state index contributed by atoms with van der Waals surface area (Å²) in [4.78, 5) is 4.10. The van der Waals surface area contributed by atoms with Gasteiger partial charge in [0.05, 0.1) is 7.11 Å². The van der Waals surface area contributed by atoms with Crippen LogP contribution in [-0.4, -0.2) is 17.2 Å². The van der Waals surface area contributed by atoms with E-state index >= 15 is 0 Å². The van der Waals surface area contributed by atoms with E-state index in [1.165, 1.54) is 5.56 Å². The molecular formula is C14H15N3OS. The molecule has 0 aliphatic heterocycles. The van der Waals surface area contributed by atoms with E-state index in [0.29, 0.717) is 17.5 Å². The van der Waals surface area contributed by atoms with Crippen molar-refractivity contribution in [1.29, 1.82) is 0 Å². The lowest BCUT2D eigenvalue weighted by atomic mass is 10.2. The van der Waals surface area contributed by atoms with Gasteiger partial charge in [-0.3, -0.25) is 0 Å². The molecule has 0 radical (unpaired) electrons. The largest absolute Gasteiger partial charge is 0.480 e. The fourth-order valence-electron chi connectivity index (χ4n) is 1.59. The van der Waals surface area contributed by atoms with Crippen LogP contribution >= 0.6 is 12.2 Å². The third-order valence-corrected chi connectivity index (χ3v) is 2.75. The summed E-state index contributed by atoms with van der Waals surface area (Å²) in [5.41, 5.74) is 1.92. The molecule has 0 aliphatic rings. The fourth-order valence-corrected chi connectivity index (χ4v) is 1.78. The average molecular weight is 273 g/mol. The number of thiocarbonyl (C=S) groups is 1. The first kappa shape index (κ1) is 13.3. The Bertz CT molecular complexity index is 545. The summed E-state index contributed by atoms with van der Waals surface area (Å²) in [7, 11) is 1.58. The van der Waals surface area contributed by atoms with Crippen molar-refractivity contribution in [3.63, 3.8) is 0 Å². The predicted octanol–water partition coefficient (Wildman–Crippen LogP) is 2.58. The molecule has 1 aromatic carbocycles. The minimum atomic E-state index is 0.520. The van der Waals surface area contributed by atoms with E-state index < -0.39 is 0 Å². The molecule has 0 saturated carbocycles. The number of hydrogen-bond donors (Lipinski definition) is 2. The third-order valence-electron chi connectivity index (χ3n) is 2.51. The van der Waals surface area contributed by atoms with Crippen molar-refractivity contribution in [2.75, 3.05) is 12.4 Å². The van der Waals surface area contributed by atoms with Gasteiger partial charge in [0.2, 0.25) is 5.88 Å². The van der Waals surface area contributed by atoms with Crippen LogP contribution in [0.25, 0.3) is 0 Å². The monoisotopic (exact) mass is 273 g/mol. The van der Waals surface area contributed by atoms with Crippen LogP contribution in [0.15, 0.2) is 48.7 Å². The van der Waals surface area contributed by atoms with Crippen LogP contribution in [0.2, 0.25) is 0 Å². The highest BCUT2D eigenvalue weighted by molar-refractivity contribution is 7.80. The van der Waals surface area contributed by atoms with Gasteiger partial charge in [-0.1, -0.05) is 30.3 Å². The molecule has 0 fully saturated rings. The van der Waals surface area contributed by atoms with Gasteiger partial charge in [-0.15, -0.1) is 0 Å². The van der Waals surface area contributed by atoms with Crippen LogP contribution in [0, 0.1) is 0 Å². The maximum atomic E-state index is 5.24. The molecular weight excluding hydrogens is 258 g/mol. The lowest BCUT2D eigenvalue weighted by Crippen LogP contribution is -2.28. The second-order valence-corrected chi connectivity index (χ2v) is 4.26.